The lowest BCUT2D eigenvalue weighted by molar-refractivity contribution is -0.120. The molecule has 0 bridgehead atoms. The number of urea groups is 1. The molecule has 4 aliphatic heterocycles. The molecule has 4 aliphatic rings. The van der Waals surface area contributed by atoms with Gasteiger partial charge in [0.05, 0.1) is 23.7 Å². The summed E-state index contributed by atoms with van der Waals surface area (Å²) in [5.74, 6) is -2.89. The van der Waals surface area contributed by atoms with Gasteiger partial charge in [-0.2, -0.15) is 0 Å². The molecular weight excluding hydrogens is 811 g/mol. The van der Waals surface area contributed by atoms with E-state index >= 15 is 8.78 Å². The van der Waals surface area contributed by atoms with Crippen LogP contribution in [0.5, 0.6) is 0 Å². The molecule has 0 spiro atoms. The molecule has 63 heavy (non-hydrogen) atoms. The summed E-state index contributed by atoms with van der Waals surface area (Å²) in [5.41, 5.74) is 3.87. The van der Waals surface area contributed by atoms with Crippen LogP contribution in [0, 0.1) is 11.8 Å². The summed E-state index contributed by atoms with van der Waals surface area (Å²) in [6.45, 7) is 12.6. The van der Waals surface area contributed by atoms with Gasteiger partial charge in [0.1, 0.15) is 23.6 Å². The van der Waals surface area contributed by atoms with Crippen molar-refractivity contribution in [2.75, 3.05) is 91.6 Å². The molecule has 19 heteroatoms. The van der Waals surface area contributed by atoms with Crippen molar-refractivity contribution in [3.8, 4) is 11.3 Å². The zero-order valence-electron chi connectivity index (χ0n) is 35.9. The molecule has 4 amide bonds. The third-order valence-corrected chi connectivity index (χ3v) is 12.8. The summed E-state index contributed by atoms with van der Waals surface area (Å²) >= 11 is 0. The summed E-state index contributed by atoms with van der Waals surface area (Å²) in [4.78, 5) is 64.0. The number of H-pyrrole nitrogens is 1. The number of piperazine rings is 1. The maximum Gasteiger partial charge on any atom is 0.328 e. The van der Waals surface area contributed by atoms with Gasteiger partial charge in [-0.15, -0.1) is 5.10 Å². The molecule has 4 saturated heterocycles. The molecule has 3 N–H and O–H groups in total. The Kier molecular flexibility index (Phi) is 11.5. The second-order valence-electron chi connectivity index (χ2n) is 18.1. The predicted molar refractivity (Wildman–Crippen MR) is 235 cm³/mol. The van der Waals surface area contributed by atoms with E-state index in [1.54, 1.807) is 14.5 Å². The van der Waals surface area contributed by atoms with Crippen LogP contribution in [0.1, 0.15) is 56.9 Å². The van der Waals surface area contributed by atoms with Crippen LogP contribution in [0.2, 0.25) is 0 Å². The lowest BCUT2D eigenvalue weighted by atomic mass is 9.92. The lowest BCUT2D eigenvalue weighted by Crippen LogP contribution is -2.52. The van der Waals surface area contributed by atoms with E-state index in [0.29, 0.717) is 42.3 Å². The molecule has 17 nitrogen and oxygen atoms in total. The Bertz CT molecular complexity index is 2430. The number of nitrogens with one attached hydrogen (secondary N) is 3. The highest BCUT2D eigenvalue weighted by atomic mass is 19.3. The van der Waals surface area contributed by atoms with Crippen molar-refractivity contribution in [3.05, 3.63) is 66.9 Å². The normalized spacial score (nSPS) is 20.4. The predicted octanol–water partition coefficient (Wildman–Crippen LogP) is 4.74. The SMILES string of the molecule is CC(C)(C)n1cc(C(=O)NCC2CCN(c3ncnc4[nH]c(-c5ccc(N6CCN(CC7CCN(c8ccc(N9CCC(=O)NC9=O)cc8)CC7)CC6)nc5)cc34)CC2(F)F)nn1. The van der Waals surface area contributed by atoms with Gasteiger partial charge >= 0.3 is 6.03 Å². The first kappa shape index (κ1) is 42.1. The summed E-state index contributed by atoms with van der Waals surface area (Å²) in [5, 5.41) is 13.6. The van der Waals surface area contributed by atoms with Crippen LogP contribution in [0.3, 0.4) is 0 Å². The van der Waals surface area contributed by atoms with Crippen molar-refractivity contribution in [1.82, 2.24) is 50.5 Å². The number of hydrogen-bond donors (Lipinski definition) is 3. The van der Waals surface area contributed by atoms with Crippen LogP contribution in [0.4, 0.5) is 36.6 Å². The van der Waals surface area contributed by atoms with Gasteiger partial charge < -0.3 is 25.0 Å². The summed E-state index contributed by atoms with van der Waals surface area (Å²) < 4.78 is 32.8. The molecule has 332 valence electrons. The van der Waals surface area contributed by atoms with Crippen LogP contribution in [0.15, 0.2) is 61.2 Å². The molecule has 4 aromatic heterocycles. The monoisotopic (exact) mass is 864 g/mol. The molecule has 0 saturated carbocycles. The van der Waals surface area contributed by atoms with E-state index in [-0.39, 0.29) is 36.1 Å². The van der Waals surface area contributed by atoms with Gasteiger partial charge in [-0.25, -0.2) is 33.2 Å². The van der Waals surface area contributed by atoms with Crippen LogP contribution >= 0.6 is 0 Å². The summed E-state index contributed by atoms with van der Waals surface area (Å²) in [7, 11) is 0. The molecule has 5 aromatic rings. The Balaban J connectivity index is 0.744. The number of aromatic amines is 1. The average Bonchev–Trinajstić information content (AvgIpc) is 3.96. The van der Waals surface area contributed by atoms with Gasteiger partial charge in [-0.3, -0.25) is 24.7 Å². The minimum atomic E-state index is -3.08. The Hall–Kier alpha value is -6.24. The third kappa shape index (κ3) is 9.14. The third-order valence-electron chi connectivity index (χ3n) is 12.8. The van der Waals surface area contributed by atoms with E-state index in [4.69, 9.17) is 4.98 Å². The fraction of sp³-hybridized carbons (Fsp3) is 0.500. The Morgan fingerprint density at radius 3 is 2.30 bits per heavy atom. The van der Waals surface area contributed by atoms with Crippen LogP contribution in [-0.4, -0.2) is 136 Å². The first-order valence-corrected chi connectivity index (χ1v) is 21.8. The van der Waals surface area contributed by atoms with Crippen LogP contribution < -0.4 is 30.2 Å². The Morgan fingerprint density at radius 2 is 1.62 bits per heavy atom. The average molecular weight is 865 g/mol. The highest BCUT2D eigenvalue weighted by Crippen LogP contribution is 2.37. The molecule has 1 aromatic carbocycles. The van der Waals surface area contributed by atoms with Gasteiger partial charge in [0.25, 0.3) is 11.8 Å². The number of carbonyl (C=O) groups excluding carboxylic acids is 3. The molecule has 8 heterocycles. The number of pyridine rings is 1. The number of benzene rings is 1. The van der Waals surface area contributed by atoms with E-state index in [2.05, 4.69) is 62.7 Å². The topological polar surface area (TPSA) is 177 Å². The van der Waals surface area contributed by atoms with Crippen molar-refractivity contribution in [2.24, 2.45) is 11.8 Å². The standard InChI is InChI=1S/C44H54F2N14O3/c1-43(2,3)60-26-36(53-54-60)41(62)48-24-31-12-16-58(27-44(31,45)46)40-34-22-35(51-39(34)49-28-50-40)30-4-9-37(47-23-30)57-20-18-55(19-21-57)25-29-10-14-56(15-11-29)32-5-7-33(8-6-32)59-17-13-38(61)52-42(59)63/h4-9,22-23,26,28-29,31H,10-21,24-25,27H2,1-3H3,(H,48,62)(H,49,50,51)(H,52,61,63). The first-order valence-electron chi connectivity index (χ1n) is 21.8. The molecule has 1 unspecified atom stereocenters. The largest absolute Gasteiger partial charge is 0.372 e. The fourth-order valence-electron chi connectivity index (χ4n) is 9.04. The molecule has 4 fully saturated rings. The molecular formula is C44H54F2N14O3. The number of carbonyl (C=O) groups is 3. The molecule has 0 aliphatic carbocycles. The highest BCUT2D eigenvalue weighted by molar-refractivity contribution is 6.05. The van der Waals surface area contributed by atoms with Gasteiger partial charge in [0.2, 0.25) is 5.91 Å². The van der Waals surface area contributed by atoms with Crippen molar-refractivity contribution in [2.45, 2.75) is 57.9 Å². The van der Waals surface area contributed by atoms with Gasteiger partial charge in [-0.1, -0.05) is 5.21 Å². The number of nitrogens with zero attached hydrogens (tertiary/aromatic N) is 11. The highest BCUT2D eigenvalue weighted by Gasteiger charge is 2.45. The molecule has 0 radical (unpaired) electrons. The Labute approximate surface area is 364 Å². The van der Waals surface area contributed by atoms with Crippen LogP contribution in [0.25, 0.3) is 22.3 Å². The Morgan fingerprint density at radius 1 is 0.873 bits per heavy atom. The summed E-state index contributed by atoms with van der Waals surface area (Å²) in [6.07, 6.45) is 7.48. The summed E-state index contributed by atoms with van der Waals surface area (Å²) in [6, 6.07) is 13.7. The smallest absolute Gasteiger partial charge is 0.328 e. The number of imide groups is 1. The first-order chi connectivity index (χ1) is 30.3. The van der Waals surface area contributed by atoms with E-state index in [0.717, 1.165) is 87.1 Å². The number of piperidine rings is 2. The van der Waals surface area contributed by atoms with Crippen molar-refractivity contribution < 1.29 is 23.2 Å². The molecule has 1 atom stereocenters. The number of fused-ring (bicyclic) bond motifs is 1. The van der Waals surface area contributed by atoms with Crippen molar-refractivity contribution in [1.29, 1.82) is 0 Å². The second kappa shape index (κ2) is 17.1. The zero-order valence-corrected chi connectivity index (χ0v) is 35.9. The fourth-order valence-corrected chi connectivity index (χ4v) is 9.04. The maximum atomic E-state index is 15.6. The number of alkyl halides is 2. The van der Waals surface area contributed by atoms with Gasteiger partial charge in [-0.05, 0) is 88.4 Å². The van der Waals surface area contributed by atoms with E-state index < -0.39 is 24.3 Å². The minimum Gasteiger partial charge on any atom is -0.372 e. The number of aromatic nitrogens is 7. The number of hydrogen-bond acceptors (Lipinski definition) is 12. The van der Waals surface area contributed by atoms with Crippen molar-refractivity contribution >= 4 is 51.9 Å². The van der Waals surface area contributed by atoms with Gasteiger partial charge in [0.15, 0.2) is 5.69 Å². The molecule has 9 rings (SSSR count). The van der Waals surface area contributed by atoms with Gasteiger partial charge in [0, 0.05) is 107 Å². The van der Waals surface area contributed by atoms with E-state index in [1.807, 2.05) is 57.3 Å². The minimum absolute atomic E-state index is 0.0933. The second-order valence-corrected chi connectivity index (χ2v) is 18.1. The zero-order chi connectivity index (χ0) is 43.9. The van der Waals surface area contributed by atoms with Crippen LogP contribution in [-0.2, 0) is 10.3 Å². The number of halogens is 2. The number of anilines is 4. The maximum absolute atomic E-state index is 15.6. The number of amides is 4. The lowest BCUT2D eigenvalue weighted by Gasteiger charge is -2.39. The van der Waals surface area contributed by atoms with E-state index in [1.165, 1.54) is 12.5 Å². The van der Waals surface area contributed by atoms with Crippen molar-refractivity contribution in [3.63, 3.8) is 0 Å². The number of rotatable bonds is 10. The van der Waals surface area contributed by atoms with E-state index in [9.17, 15) is 14.4 Å². The quantitative estimate of drug-likeness (QED) is 0.176.